The number of halogens is 5. The van der Waals surface area contributed by atoms with E-state index in [0.717, 1.165) is 12.1 Å². The lowest BCUT2D eigenvalue weighted by molar-refractivity contribution is -0.139. The van der Waals surface area contributed by atoms with E-state index in [1.807, 2.05) is 6.92 Å². The van der Waals surface area contributed by atoms with Gasteiger partial charge in [-0.15, -0.1) is 10.2 Å². The molecule has 108 valence electrons. The topological polar surface area (TPSA) is 38.9 Å². The molecule has 0 saturated heterocycles. The molecule has 1 atom stereocenters. The third-order valence-electron chi connectivity index (χ3n) is 2.60. The molecule has 1 aromatic carbocycles. The minimum Gasteiger partial charge on any atom is -0.419 e. The van der Waals surface area contributed by atoms with Crippen LogP contribution in [0.4, 0.5) is 17.6 Å². The number of nitrogens with zero attached hydrogens (tertiary/aromatic N) is 2. The van der Waals surface area contributed by atoms with E-state index in [4.69, 9.17) is 4.42 Å². The summed E-state index contributed by atoms with van der Waals surface area (Å²) in [6.07, 6.45) is -4.13. The molecule has 0 aliphatic carbocycles. The summed E-state index contributed by atoms with van der Waals surface area (Å²) in [6, 6.07) is 2.92. The van der Waals surface area contributed by atoms with E-state index < -0.39 is 17.6 Å². The number of benzene rings is 1. The molecule has 3 nitrogen and oxygen atoms in total. The van der Waals surface area contributed by atoms with Crippen LogP contribution in [0, 0.1) is 5.82 Å². The predicted octanol–water partition coefficient (Wildman–Crippen LogP) is 4.74. The molecule has 0 fully saturated rings. The molecule has 8 heteroatoms. The van der Waals surface area contributed by atoms with Crippen LogP contribution in [0.25, 0.3) is 11.5 Å². The van der Waals surface area contributed by atoms with E-state index in [0.29, 0.717) is 12.5 Å². The molecule has 20 heavy (non-hydrogen) atoms. The van der Waals surface area contributed by atoms with Gasteiger partial charge in [0.1, 0.15) is 5.82 Å². The normalized spacial score (nSPS) is 13.5. The summed E-state index contributed by atoms with van der Waals surface area (Å²) in [5, 5.41) is 7.27. The third kappa shape index (κ3) is 2.84. The lowest BCUT2D eigenvalue weighted by Gasteiger charge is -2.09. The van der Waals surface area contributed by atoms with Crippen molar-refractivity contribution in [2.75, 3.05) is 0 Å². The van der Waals surface area contributed by atoms with Gasteiger partial charge in [0.2, 0.25) is 5.89 Å². The van der Waals surface area contributed by atoms with Gasteiger partial charge in [-0.25, -0.2) is 4.39 Å². The van der Waals surface area contributed by atoms with E-state index in [-0.39, 0.29) is 22.2 Å². The van der Waals surface area contributed by atoms with Gasteiger partial charge in [0.05, 0.1) is 16.0 Å². The van der Waals surface area contributed by atoms with Crippen LogP contribution in [0.2, 0.25) is 0 Å². The predicted molar refractivity (Wildman–Crippen MR) is 66.7 cm³/mol. The van der Waals surface area contributed by atoms with Crippen LogP contribution in [0.5, 0.6) is 0 Å². The van der Waals surface area contributed by atoms with Gasteiger partial charge in [0, 0.05) is 0 Å². The van der Waals surface area contributed by atoms with Crippen LogP contribution in [0.1, 0.15) is 29.6 Å². The molecular formula is C12H9BrF4N2O. The summed E-state index contributed by atoms with van der Waals surface area (Å²) in [4.78, 5) is -0.224. The summed E-state index contributed by atoms with van der Waals surface area (Å²) < 4.78 is 56.9. The zero-order chi connectivity index (χ0) is 14.9. The van der Waals surface area contributed by atoms with Crippen molar-refractivity contribution < 1.29 is 22.0 Å². The van der Waals surface area contributed by atoms with E-state index in [2.05, 4.69) is 26.1 Å². The van der Waals surface area contributed by atoms with E-state index in [9.17, 15) is 17.6 Å². The van der Waals surface area contributed by atoms with Crippen molar-refractivity contribution in [3.05, 3.63) is 35.5 Å². The highest BCUT2D eigenvalue weighted by molar-refractivity contribution is 9.09. The minimum atomic E-state index is -4.77. The molecule has 0 aliphatic heterocycles. The lowest BCUT2D eigenvalue weighted by atomic mass is 10.1. The van der Waals surface area contributed by atoms with Crippen LogP contribution in [-0.2, 0) is 6.18 Å². The van der Waals surface area contributed by atoms with Crippen molar-refractivity contribution in [2.24, 2.45) is 0 Å². The van der Waals surface area contributed by atoms with Crippen molar-refractivity contribution in [1.29, 1.82) is 0 Å². The van der Waals surface area contributed by atoms with Gasteiger partial charge >= 0.3 is 6.18 Å². The van der Waals surface area contributed by atoms with Crippen molar-refractivity contribution in [1.82, 2.24) is 10.2 Å². The molecule has 1 unspecified atom stereocenters. The third-order valence-corrected chi connectivity index (χ3v) is 3.64. The SMILES string of the molecule is CCC(Br)c1nnc(-c2cccc(C(F)(F)F)c2F)o1. The Labute approximate surface area is 120 Å². The van der Waals surface area contributed by atoms with Gasteiger partial charge < -0.3 is 4.42 Å². The summed E-state index contributed by atoms with van der Waals surface area (Å²) >= 11 is 3.27. The highest BCUT2D eigenvalue weighted by Gasteiger charge is 2.35. The number of hydrogen-bond donors (Lipinski definition) is 0. The Balaban J connectivity index is 2.46. The van der Waals surface area contributed by atoms with E-state index in [1.54, 1.807) is 0 Å². The molecule has 0 radical (unpaired) electrons. The summed E-state index contributed by atoms with van der Waals surface area (Å²) in [5.74, 6) is -1.50. The van der Waals surface area contributed by atoms with Crippen molar-refractivity contribution in [3.8, 4) is 11.5 Å². The fourth-order valence-corrected chi connectivity index (χ4v) is 1.75. The minimum absolute atomic E-state index is 0.194. The first kappa shape index (κ1) is 15.0. The van der Waals surface area contributed by atoms with Gasteiger partial charge in [-0.2, -0.15) is 13.2 Å². The zero-order valence-corrected chi connectivity index (χ0v) is 11.8. The summed E-state index contributed by atoms with van der Waals surface area (Å²) in [7, 11) is 0. The van der Waals surface area contributed by atoms with Crippen LogP contribution < -0.4 is 0 Å². The Kier molecular flexibility index (Phi) is 4.12. The summed E-state index contributed by atoms with van der Waals surface area (Å²) in [6.45, 7) is 1.86. The monoisotopic (exact) mass is 352 g/mol. The Bertz CT molecular complexity index is 612. The van der Waals surface area contributed by atoms with Crippen molar-refractivity contribution >= 4 is 15.9 Å². The number of hydrogen-bond acceptors (Lipinski definition) is 3. The molecule has 2 aromatic rings. The maximum absolute atomic E-state index is 13.9. The molecule has 0 amide bonds. The van der Waals surface area contributed by atoms with Crippen LogP contribution in [0.15, 0.2) is 22.6 Å². The number of alkyl halides is 4. The second-order valence-electron chi connectivity index (χ2n) is 3.99. The van der Waals surface area contributed by atoms with Gasteiger partial charge in [0.15, 0.2) is 0 Å². The van der Waals surface area contributed by atoms with E-state index in [1.165, 1.54) is 0 Å². The van der Waals surface area contributed by atoms with Crippen LogP contribution in [0.3, 0.4) is 0 Å². The second kappa shape index (κ2) is 5.51. The molecule has 0 N–H and O–H groups in total. The van der Waals surface area contributed by atoms with Gasteiger partial charge in [0.25, 0.3) is 5.89 Å². The van der Waals surface area contributed by atoms with E-state index >= 15 is 0 Å². The Morgan fingerprint density at radius 2 is 2.00 bits per heavy atom. The molecule has 0 spiro atoms. The fourth-order valence-electron chi connectivity index (χ4n) is 1.56. The highest BCUT2D eigenvalue weighted by Crippen LogP contribution is 2.36. The van der Waals surface area contributed by atoms with Crippen molar-refractivity contribution in [2.45, 2.75) is 24.3 Å². The molecule has 0 saturated carbocycles. The molecule has 1 heterocycles. The summed E-state index contributed by atoms with van der Waals surface area (Å²) in [5.41, 5.74) is -1.73. The number of rotatable bonds is 3. The maximum Gasteiger partial charge on any atom is 0.419 e. The van der Waals surface area contributed by atoms with Crippen molar-refractivity contribution in [3.63, 3.8) is 0 Å². The Hall–Kier alpha value is -1.44. The maximum atomic E-state index is 13.9. The first-order chi connectivity index (χ1) is 9.34. The highest BCUT2D eigenvalue weighted by atomic mass is 79.9. The lowest BCUT2D eigenvalue weighted by Crippen LogP contribution is -2.08. The van der Waals surface area contributed by atoms with Crippen LogP contribution >= 0.6 is 15.9 Å². The number of aromatic nitrogens is 2. The molecule has 0 bridgehead atoms. The molecule has 1 aromatic heterocycles. The smallest absolute Gasteiger partial charge is 0.419 e. The van der Waals surface area contributed by atoms with Gasteiger partial charge in [-0.1, -0.05) is 28.9 Å². The molecular weight excluding hydrogens is 344 g/mol. The standard InChI is InChI=1S/C12H9BrF4N2O/c1-2-8(13)11-19-18-10(20-11)6-4-3-5-7(9(6)14)12(15,16)17/h3-5,8H,2H2,1H3. The fraction of sp³-hybridized carbons (Fsp3) is 0.333. The Morgan fingerprint density at radius 3 is 2.60 bits per heavy atom. The average Bonchev–Trinajstić information content (AvgIpc) is 2.86. The second-order valence-corrected chi connectivity index (χ2v) is 5.09. The Morgan fingerprint density at radius 1 is 1.30 bits per heavy atom. The largest absolute Gasteiger partial charge is 0.419 e. The van der Waals surface area contributed by atoms with Gasteiger partial charge in [-0.3, -0.25) is 0 Å². The zero-order valence-electron chi connectivity index (χ0n) is 10.2. The molecule has 0 aliphatic rings. The average molecular weight is 353 g/mol. The van der Waals surface area contributed by atoms with Gasteiger partial charge in [-0.05, 0) is 18.6 Å². The van der Waals surface area contributed by atoms with Crippen LogP contribution in [-0.4, -0.2) is 10.2 Å². The quantitative estimate of drug-likeness (QED) is 0.591. The molecule has 2 rings (SSSR count). The first-order valence-corrected chi connectivity index (χ1v) is 6.59. The first-order valence-electron chi connectivity index (χ1n) is 5.68.